The van der Waals surface area contributed by atoms with E-state index in [1.54, 1.807) is 0 Å². The summed E-state index contributed by atoms with van der Waals surface area (Å²) in [4.78, 5) is 10.1. The largest absolute Gasteiger partial charge is 0.344 e. The van der Waals surface area contributed by atoms with Crippen molar-refractivity contribution >= 4 is 23.3 Å². The van der Waals surface area contributed by atoms with Crippen LogP contribution in [0.1, 0.15) is 52.4 Å². The molecule has 0 fully saturated rings. The molecule has 7 aromatic carbocycles. The Kier molecular flexibility index (Phi) is 9.95. The van der Waals surface area contributed by atoms with Crippen molar-refractivity contribution in [3.8, 4) is 44.5 Å². The Morgan fingerprint density at radius 2 is 1.16 bits per heavy atom. The second-order valence-electron chi connectivity index (χ2n) is 14.7. The molecule has 1 aliphatic carbocycles. The van der Waals surface area contributed by atoms with E-state index >= 15 is 0 Å². The molecule has 274 valence electrons. The Bertz CT molecular complexity index is 2700. The first-order valence-electron chi connectivity index (χ1n) is 19.7. The summed E-state index contributed by atoms with van der Waals surface area (Å²) in [5, 5.41) is 3.63. The van der Waals surface area contributed by atoms with Crippen LogP contribution in [0.2, 0.25) is 0 Å². The van der Waals surface area contributed by atoms with Gasteiger partial charge in [0.05, 0.1) is 0 Å². The van der Waals surface area contributed by atoms with Crippen molar-refractivity contribution in [2.24, 2.45) is 9.98 Å². The van der Waals surface area contributed by atoms with Gasteiger partial charge in [0.2, 0.25) is 0 Å². The summed E-state index contributed by atoms with van der Waals surface area (Å²) in [6.45, 7) is 6.42. The summed E-state index contributed by atoms with van der Waals surface area (Å²) >= 11 is 0. The molecule has 1 atom stereocenters. The SMILES string of the molecule is C=Cc1cc(-c2ccc(-c3cc(C4=CC=CCC4)cc(-c4ccccc4)c3)cc2)ccc1-c1cc(C2N=C(c3ccccc3)N=C(c3ccccc3)N2)ccc1C. The lowest BCUT2D eigenvalue weighted by atomic mass is 9.89. The Labute approximate surface area is 335 Å². The molecule has 1 aliphatic heterocycles. The second kappa shape index (κ2) is 15.9. The fraction of sp³-hybridized carbons (Fsp3) is 0.0741. The lowest BCUT2D eigenvalue weighted by molar-refractivity contribution is 0.674. The molecular weight excluding hydrogens is 691 g/mol. The van der Waals surface area contributed by atoms with Crippen LogP contribution in [-0.4, -0.2) is 11.7 Å². The fourth-order valence-electron chi connectivity index (χ4n) is 7.81. The van der Waals surface area contributed by atoms with Crippen LogP contribution in [0.25, 0.3) is 56.2 Å². The normalized spacial score (nSPS) is 14.9. The number of nitrogens with one attached hydrogen (secondary N) is 1. The summed E-state index contributed by atoms with van der Waals surface area (Å²) in [5.41, 5.74) is 17.5. The van der Waals surface area contributed by atoms with E-state index in [4.69, 9.17) is 9.98 Å². The predicted octanol–water partition coefficient (Wildman–Crippen LogP) is 13.5. The average molecular weight is 734 g/mol. The maximum atomic E-state index is 5.13. The molecule has 57 heavy (non-hydrogen) atoms. The highest BCUT2D eigenvalue weighted by Crippen LogP contribution is 2.37. The van der Waals surface area contributed by atoms with E-state index in [9.17, 15) is 0 Å². The van der Waals surface area contributed by atoms with Gasteiger partial charge in [0.15, 0.2) is 5.84 Å². The van der Waals surface area contributed by atoms with Crippen LogP contribution in [0.4, 0.5) is 0 Å². The molecule has 1 heterocycles. The monoisotopic (exact) mass is 733 g/mol. The number of allylic oxidation sites excluding steroid dienone is 4. The number of aliphatic imine (C=N–C) groups is 2. The molecule has 9 rings (SSSR count). The third-order valence-electron chi connectivity index (χ3n) is 10.9. The molecule has 2 aliphatic rings. The zero-order valence-corrected chi connectivity index (χ0v) is 32.1. The Morgan fingerprint density at radius 3 is 1.81 bits per heavy atom. The average Bonchev–Trinajstić information content (AvgIpc) is 3.30. The van der Waals surface area contributed by atoms with Gasteiger partial charge in [-0.05, 0) is 122 Å². The van der Waals surface area contributed by atoms with E-state index in [1.807, 2.05) is 42.5 Å². The molecule has 0 saturated carbocycles. The van der Waals surface area contributed by atoms with E-state index in [1.165, 1.54) is 44.5 Å². The molecule has 3 heteroatoms. The summed E-state index contributed by atoms with van der Waals surface area (Å²) in [7, 11) is 0. The topological polar surface area (TPSA) is 36.8 Å². The molecule has 0 saturated heterocycles. The molecule has 0 amide bonds. The smallest absolute Gasteiger partial charge is 0.159 e. The molecular formula is C54H43N3. The number of amidine groups is 2. The van der Waals surface area contributed by atoms with E-state index in [-0.39, 0.29) is 6.17 Å². The highest BCUT2D eigenvalue weighted by Gasteiger charge is 2.22. The minimum Gasteiger partial charge on any atom is -0.344 e. The highest BCUT2D eigenvalue weighted by atomic mass is 15.2. The molecule has 0 radical (unpaired) electrons. The maximum absolute atomic E-state index is 5.13. The fourth-order valence-corrected chi connectivity index (χ4v) is 7.81. The molecule has 0 spiro atoms. The van der Waals surface area contributed by atoms with Crippen molar-refractivity contribution in [1.29, 1.82) is 0 Å². The van der Waals surface area contributed by atoms with E-state index in [0.717, 1.165) is 57.6 Å². The first kappa shape index (κ1) is 35.6. The number of hydrogen-bond acceptors (Lipinski definition) is 3. The minimum atomic E-state index is -0.307. The minimum absolute atomic E-state index is 0.307. The lowest BCUT2D eigenvalue weighted by Crippen LogP contribution is -2.33. The third-order valence-corrected chi connectivity index (χ3v) is 10.9. The quantitative estimate of drug-likeness (QED) is 0.158. The Hall–Kier alpha value is -7.10. The van der Waals surface area contributed by atoms with Crippen LogP contribution < -0.4 is 5.32 Å². The molecule has 0 bridgehead atoms. The van der Waals surface area contributed by atoms with Crippen LogP contribution >= 0.6 is 0 Å². The predicted molar refractivity (Wildman–Crippen MR) is 241 cm³/mol. The molecule has 7 aromatic rings. The Morgan fingerprint density at radius 1 is 0.561 bits per heavy atom. The van der Waals surface area contributed by atoms with Crippen LogP contribution in [0.3, 0.4) is 0 Å². The van der Waals surface area contributed by atoms with Crippen molar-refractivity contribution < 1.29 is 0 Å². The first-order chi connectivity index (χ1) is 28.1. The van der Waals surface area contributed by atoms with Gasteiger partial charge in [0, 0.05) is 11.1 Å². The highest BCUT2D eigenvalue weighted by molar-refractivity contribution is 6.13. The number of aryl methyl sites for hydroxylation is 1. The molecule has 3 nitrogen and oxygen atoms in total. The van der Waals surface area contributed by atoms with Gasteiger partial charge < -0.3 is 5.32 Å². The summed E-state index contributed by atoms with van der Waals surface area (Å²) in [5.74, 6) is 1.52. The van der Waals surface area contributed by atoms with Gasteiger partial charge in [0.1, 0.15) is 12.0 Å². The Balaban J connectivity index is 1.03. The third kappa shape index (κ3) is 7.61. The zero-order valence-electron chi connectivity index (χ0n) is 32.1. The maximum Gasteiger partial charge on any atom is 0.159 e. The number of nitrogens with zero attached hydrogens (tertiary/aromatic N) is 2. The van der Waals surface area contributed by atoms with Gasteiger partial charge in [-0.1, -0.05) is 170 Å². The zero-order chi connectivity index (χ0) is 38.6. The van der Waals surface area contributed by atoms with Crippen molar-refractivity contribution in [3.05, 3.63) is 228 Å². The lowest BCUT2D eigenvalue weighted by Gasteiger charge is -2.24. The van der Waals surface area contributed by atoms with Crippen molar-refractivity contribution in [2.45, 2.75) is 25.9 Å². The first-order valence-corrected chi connectivity index (χ1v) is 19.7. The van der Waals surface area contributed by atoms with E-state index in [2.05, 4.69) is 171 Å². The van der Waals surface area contributed by atoms with Gasteiger partial charge in [-0.2, -0.15) is 0 Å². The van der Waals surface area contributed by atoms with Gasteiger partial charge in [-0.25, -0.2) is 9.98 Å². The van der Waals surface area contributed by atoms with Crippen molar-refractivity contribution in [1.82, 2.24) is 5.32 Å². The van der Waals surface area contributed by atoms with Crippen LogP contribution in [-0.2, 0) is 0 Å². The standard InChI is InChI=1S/C54H43N3/c1-3-38-32-45(41-26-28-42(29-27-41)49-34-47(39-16-8-4-9-17-39)33-48(35-49)40-18-10-5-11-19-40)30-31-50(38)51-36-46(25-24-37(51)2)54-56-52(43-20-12-6-13-21-43)55-53(57-54)44-22-14-7-15-23-44/h3-10,12-18,20-36,54H,1,11,19H2,2H3,(H,55,56,57). The van der Waals surface area contributed by atoms with Gasteiger partial charge >= 0.3 is 0 Å². The van der Waals surface area contributed by atoms with Crippen LogP contribution in [0.5, 0.6) is 0 Å². The number of benzene rings is 7. The van der Waals surface area contributed by atoms with Gasteiger partial charge in [-0.15, -0.1) is 0 Å². The molecule has 0 aromatic heterocycles. The van der Waals surface area contributed by atoms with Crippen molar-refractivity contribution in [2.75, 3.05) is 0 Å². The van der Waals surface area contributed by atoms with Gasteiger partial charge in [-0.3, -0.25) is 0 Å². The summed E-state index contributed by atoms with van der Waals surface area (Å²) in [6, 6.07) is 60.5. The van der Waals surface area contributed by atoms with Crippen LogP contribution in [0.15, 0.2) is 205 Å². The van der Waals surface area contributed by atoms with E-state index < -0.39 is 0 Å². The van der Waals surface area contributed by atoms with Gasteiger partial charge in [0.25, 0.3) is 0 Å². The summed E-state index contributed by atoms with van der Waals surface area (Å²) < 4.78 is 0. The van der Waals surface area contributed by atoms with Crippen LogP contribution in [0, 0.1) is 6.92 Å². The molecule has 1 N–H and O–H groups in total. The number of rotatable bonds is 9. The molecule has 1 unspecified atom stereocenters. The second-order valence-corrected chi connectivity index (χ2v) is 14.7. The summed E-state index contributed by atoms with van der Waals surface area (Å²) in [6.07, 6.45) is 10.5. The number of hydrogen-bond donors (Lipinski definition) is 1. The van der Waals surface area contributed by atoms with E-state index in [0.29, 0.717) is 5.84 Å². The van der Waals surface area contributed by atoms with Crippen molar-refractivity contribution in [3.63, 3.8) is 0 Å².